The Morgan fingerprint density at radius 2 is 2.08 bits per heavy atom. The van der Waals surface area contributed by atoms with E-state index in [2.05, 4.69) is 20.6 Å². The minimum atomic E-state index is -4.98. The van der Waals surface area contributed by atoms with Gasteiger partial charge in [0.2, 0.25) is 0 Å². The molecule has 0 radical (unpaired) electrons. The minimum absolute atomic E-state index is 0.0763. The molecule has 2 aromatic carbocycles. The number of nitrogens with one attached hydrogen (secondary N) is 2. The fourth-order valence-corrected chi connectivity index (χ4v) is 5.53. The average molecular weight is 553 g/mol. The standard InChI is InChI=1S/C24H27ClFN4O6P/c1-3-22(31)24(4-2,37(32,33)34)30-20-10-16-19(11-21(20)36-15-7-8-35-12-15)27-13-28-23(16)29-14-5-6-18(26)17(25)9-14/h5-6,9-11,13,15,30H,3-4,7-8,12H2,1-2H3,(H,27,28,29)(H2,32,33,34)/t15?,24-/m0/s1. The van der Waals surface area contributed by atoms with E-state index in [1.165, 1.54) is 31.5 Å². The fraction of sp³-hybridized carbons (Fsp3) is 0.375. The van der Waals surface area contributed by atoms with Crippen LogP contribution in [-0.4, -0.2) is 50.1 Å². The van der Waals surface area contributed by atoms with Gasteiger partial charge < -0.3 is 29.9 Å². The van der Waals surface area contributed by atoms with Gasteiger partial charge in [0.05, 0.1) is 29.4 Å². The van der Waals surface area contributed by atoms with Crippen LogP contribution in [0.4, 0.5) is 21.6 Å². The molecule has 2 heterocycles. The van der Waals surface area contributed by atoms with Crippen LogP contribution >= 0.6 is 19.2 Å². The Kier molecular flexibility index (Phi) is 8.01. The number of halogens is 2. The van der Waals surface area contributed by atoms with Crippen LogP contribution in [0.5, 0.6) is 5.75 Å². The minimum Gasteiger partial charge on any atom is -0.486 e. The third kappa shape index (κ3) is 5.56. The second-order valence-corrected chi connectivity index (χ2v) is 10.9. The number of rotatable bonds is 10. The lowest BCUT2D eigenvalue weighted by Crippen LogP contribution is -2.45. The molecule has 13 heteroatoms. The van der Waals surface area contributed by atoms with E-state index in [0.29, 0.717) is 42.0 Å². The molecule has 1 saturated heterocycles. The number of aromatic nitrogens is 2. The molecule has 3 aromatic rings. The zero-order valence-electron chi connectivity index (χ0n) is 20.2. The number of benzene rings is 2. The molecule has 1 aliphatic rings. The molecule has 4 N–H and O–H groups in total. The third-order valence-electron chi connectivity index (χ3n) is 6.23. The molecule has 0 aliphatic carbocycles. The first kappa shape index (κ1) is 27.2. The van der Waals surface area contributed by atoms with Crippen molar-refractivity contribution in [1.82, 2.24) is 9.97 Å². The predicted octanol–water partition coefficient (Wildman–Crippen LogP) is 5.01. The number of ether oxygens (including phenoxy) is 2. The maximum absolute atomic E-state index is 13.6. The van der Waals surface area contributed by atoms with Gasteiger partial charge in [-0.3, -0.25) is 9.36 Å². The Hall–Kier alpha value is -2.82. The second-order valence-electron chi connectivity index (χ2n) is 8.60. The van der Waals surface area contributed by atoms with Crippen molar-refractivity contribution in [3.63, 3.8) is 0 Å². The molecule has 2 atom stereocenters. The fourth-order valence-electron chi connectivity index (χ4n) is 4.19. The summed E-state index contributed by atoms with van der Waals surface area (Å²) in [5.41, 5.74) is 1.11. The molecule has 1 aromatic heterocycles. The van der Waals surface area contributed by atoms with Crippen LogP contribution in [0.1, 0.15) is 33.1 Å². The van der Waals surface area contributed by atoms with Crippen molar-refractivity contribution in [2.75, 3.05) is 23.8 Å². The zero-order valence-corrected chi connectivity index (χ0v) is 21.9. The molecule has 0 saturated carbocycles. The summed E-state index contributed by atoms with van der Waals surface area (Å²) in [5.74, 6) is -0.626. The van der Waals surface area contributed by atoms with Crippen LogP contribution in [0.15, 0.2) is 36.7 Å². The van der Waals surface area contributed by atoms with Crippen LogP contribution in [0.2, 0.25) is 5.02 Å². The summed E-state index contributed by atoms with van der Waals surface area (Å²) in [6.07, 6.45) is 1.42. The van der Waals surface area contributed by atoms with Gasteiger partial charge >= 0.3 is 7.60 Å². The molecular weight excluding hydrogens is 526 g/mol. The Morgan fingerprint density at radius 1 is 1.30 bits per heavy atom. The van der Waals surface area contributed by atoms with Crippen molar-refractivity contribution in [2.45, 2.75) is 44.5 Å². The van der Waals surface area contributed by atoms with E-state index in [-0.39, 0.29) is 35.4 Å². The van der Waals surface area contributed by atoms with E-state index < -0.39 is 24.5 Å². The predicted molar refractivity (Wildman–Crippen MR) is 138 cm³/mol. The summed E-state index contributed by atoms with van der Waals surface area (Å²) in [5, 5.41) is 4.13. The zero-order chi connectivity index (χ0) is 26.8. The first-order valence-corrected chi connectivity index (χ1v) is 13.7. The normalized spacial score (nSPS) is 17.4. The molecular formula is C24H27ClFN4O6P. The molecule has 1 aliphatic heterocycles. The number of nitrogens with zero attached hydrogens (tertiary/aromatic N) is 2. The van der Waals surface area contributed by atoms with Crippen molar-refractivity contribution in [3.05, 3.63) is 47.5 Å². The smallest absolute Gasteiger partial charge is 0.358 e. The van der Waals surface area contributed by atoms with Gasteiger partial charge in [-0.1, -0.05) is 25.4 Å². The average Bonchev–Trinajstić information content (AvgIpc) is 3.37. The van der Waals surface area contributed by atoms with Gasteiger partial charge in [-0.25, -0.2) is 14.4 Å². The quantitative estimate of drug-likeness (QED) is 0.253. The molecule has 1 fully saturated rings. The number of ketones is 1. The van der Waals surface area contributed by atoms with Gasteiger partial charge in [0, 0.05) is 30.0 Å². The van der Waals surface area contributed by atoms with Gasteiger partial charge in [-0.15, -0.1) is 0 Å². The topological polar surface area (TPSA) is 143 Å². The molecule has 4 rings (SSSR count). The van der Waals surface area contributed by atoms with Gasteiger partial charge in [-0.2, -0.15) is 0 Å². The van der Waals surface area contributed by atoms with Crippen molar-refractivity contribution < 1.29 is 33.0 Å². The van der Waals surface area contributed by atoms with E-state index in [1.807, 2.05) is 0 Å². The first-order valence-electron chi connectivity index (χ1n) is 11.7. The maximum Gasteiger partial charge on any atom is 0.358 e. The molecule has 0 bridgehead atoms. The van der Waals surface area contributed by atoms with Gasteiger partial charge in [0.15, 0.2) is 11.1 Å². The molecule has 1 unspecified atom stereocenters. The number of hydrogen-bond donors (Lipinski definition) is 4. The van der Waals surface area contributed by atoms with E-state index >= 15 is 0 Å². The van der Waals surface area contributed by atoms with E-state index in [0.717, 1.165) is 0 Å². The van der Waals surface area contributed by atoms with Gasteiger partial charge in [0.25, 0.3) is 0 Å². The highest BCUT2D eigenvalue weighted by Gasteiger charge is 2.51. The highest BCUT2D eigenvalue weighted by atomic mass is 35.5. The van der Waals surface area contributed by atoms with Crippen molar-refractivity contribution in [3.8, 4) is 5.75 Å². The molecule has 10 nitrogen and oxygen atoms in total. The monoisotopic (exact) mass is 552 g/mol. The number of Topliss-reactive ketones (excluding diaryl/α,β-unsaturated/α-hetero) is 1. The first-order chi connectivity index (χ1) is 17.6. The lowest BCUT2D eigenvalue weighted by molar-refractivity contribution is -0.121. The number of anilines is 3. The summed E-state index contributed by atoms with van der Waals surface area (Å²) in [7, 11) is -4.98. The van der Waals surface area contributed by atoms with Crippen LogP contribution in [-0.2, 0) is 14.1 Å². The van der Waals surface area contributed by atoms with Crippen molar-refractivity contribution in [2.24, 2.45) is 0 Å². The summed E-state index contributed by atoms with van der Waals surface area (Å²) in [6.45, 7) is 3.94. The number of carbonyl (C=O) groups is 1. The molecule has 0 amide bonds. The van der Waals surface area contributed by atoms with E-state index in [9.17, 15) is 23.5 Å². The Labute approximate surface area is 217 Å². The van der Waals surface area contributed by atoms with Crippen LogP contribution < -0.4 is 15.4 Å². The highest BCUT2D eigenvalue weighted by Crippen LogP contribution is 2.54. The number of hydrogen-bond acceptors (Lipinski definition) is 8. The highest BCUT2D eigenvalue weighted by molar-refractivity contribution is 7.55. The third-order valence-corrected chi connectivity index (χ3v) is 8.19. The maximum atomic E-state index is 13.6. The largest absolute Gasteiger partial charge is 0.486 e. The Balaban J connectivity index is 1.85. The van der Waals surface area contributed by atoms with Crippen molar-refractivity contribution >= 4 is 53.1 Å². The van der Waals surface area contributed by atoms with E-state index in [4.69, 9.17) is 21.1 Å². The second kappa shape index (κ2) is 10.9. The van der Waals surface area contributed by atoms with Gasteiger partial charge in [0.1, 0.15) is 29.8 Å². The number of carbonyl (C=O) groups excluding carboxylic acids is 1. The van der Waals surface area contributed by atoms with Crippen molar-refractivity contribution in [1.29, 1.82) is 0 Å². The molecule has 0 spiro atoms. The lowest BCUT2D eigenvalue weighted by atomic mass is 10.1. The number of fused-ring (bicyclic) bond motifs is 1. The Morgan fingerprint density at radius 3 is 2.70 bits per heavy atom. The van der Waals surface area contributed by atoms with Crippen LogP contribution in [0, 0.1) is 5.82 Å². The summed E-state index contributed by atoms with van der Waals surface area (Å²) in [4.78, 5) is 42.0. The summed E-state index contributed by atoms with van der Waals surface area (Å²) < 4.78 is 37.8. The Bertz CT molecular complexity index is 1370. The summed E-state index contributed by atoms with van der Waals surface area (Å²) >= 11 is 5.91. The molecule has 37 heavy (non-hydrogen) atoms. The van der Waals surface area contributed by atoms with E-state index in [1.54, 1.807) is 19.1 Å². The molecule has 198 valence electrons. The summed E-state index contributed by atoms with van der Waals surface area (Å²) in [6, 6.07) is 7.27. The van der Waals surface area contributed by atoms with Crippen LogP contribution in [0.25, 0.3) is 10.9 Å². The SMILES string of the molecule is CCC(=O)[C@@](CC)(Nc1cc2c(Nc3ccc(F)c(Cl)c3)ncnc2cc1OC1CCOC1)P(=O)(O)O. The van der Waals surface area contributed by atoms with Crippen LogP contribution in [0.3, 0.4) is 0 Å². The lowest BCUT2D eigenvalue weighted by Gasteiger charge is -2.34. The van der Waals surface area contributed by atoms with Gasteiger partial charge in [-0.05, 0) is 30.7 Å².